The number of unbranched alkanes of at least 4 members (excludes halogenated alkanes) is 4. The third-order valence-corrected chi connectivity index (χ3v) is 3.66. The van der Waals surface area contributed by atoms with Crippen molar-refractivity contribution in [2.24, 2.45) is 11.1 Å². The van der Waals surface area contributed by atoms with Crippen LogP contribution in [0.5, 0.6) is 0 Å². The van der Waals surface area contributed by atoms with Crippen molar-refractivity contribution in [3.8, 4) is 0 Å². The van der Waals surface area contributed by atoms with Gasteiger partial charge in [0.2, 0.25) is 0 Å². The third kappa shape index (κ3) is 13.8. The highest BCUT2D eigenvalue weighted by Gasteiger charge is 2.13. The molecular formula is C19H35NO. The lowest BCUT2D eigenvalue weighted by molar-refractivity contribution is -0.114. The van der Waals surface area contributed by atoms with Crippen molar-refractivity contribution in [2.75, 3.05) is 0 Å². The highest BCUT2D eigenvalue weighted by atomic mass is 16.1. The van der Waals surface area contributed by atoms with Crippen molar-refractivity contribution in [3.05, 3.63) is 24.3 Å². The maximum Gasteiger partial charge on any atom is 0.125 e. The Morgan fingerprint density at radius 2 is 1.67 bits per heavy atom. The van der Waals surface area contributed by atoms with Gasteiger partial charge in [-0.05, 0) is 32.1 Å². The number of allylic oxidation sites excluding steroid dienone is 3. The molecule has 1 unspecified atom stereocenters. The number of hydrogen-bond donors (Lipinski definition) is 1. The highest BCUT2D eigenvalue weighted by Crippen LogP contribution is 2.17. The van der Waals surface area contributed by atoms with Crippen LogP contribution in [0.15, 0.2) is 24.3 Å². The molecular weight excluding hydrogens is 258 g/mol. The molecule has 2 heteroatoms. The van der Waals surface area contributed by atoms with E-state index in [2.05, 4.69) is 31.2 Å². The molecule has 0 saturated heterocycles. The average molecular weight is 293 g/mol. The predicted octanol–water partition coefficient (Wildman–Crippen LogP) is 5.18. The van der Waals surface area contributed by atoms with Gasteiger partial charge >= 0.3 is 0 Å². The fourth-order valence-electron chi connectivity index (χ4n) is 2.09. The largest absolute Gasteiger partial charge is 0.327 e. The van der Waals surface area contributed by atoms with Gasteiger partial charge in [-0.15, -0.1) is 0 Å². The monoisotopic (exact) mass is 293 g/mol. The van der Waals surface area contributed by atoms with E-state index in [1.165, 1.54) is 25.7 Å². The van der Waals surface area contributed by atoms with Crippen LogP contribution >= 0.6 is 0 Å². The van der Waals surface area contributed by atoms with Crippen LogP contribution in [0.25, 0.3) is 0 Å². The van der Waals surface area contributed by atoms with Crippen molar-refractivity contribution in [1.82, 2.24) is 0 Å². The van der Waals surface area contributed by atoms with Gasteiger partial charge in [0.25, 0.3) is 0 Å². The smallest absolute Gasteiger partial charge is 0.125 e. The molecule has 0 aliphatic carbocycles. The minimum atomic E-state index is -0.225. The van der Waals surface area contributed by atoms with Gasteiger partial charge in [0.15, 0.2) is 0 Å². The van der Waals surface area contributed by atoms with Crippen molar-refractivity contribution in [3.63, 3.8) is 0 Å². The minimum absolute atomic E-state index is 0.225. The zero-order chi connectivity index (χ0) is 16.0. The van der Waals surface area contributed by atoms with Crippen LogP contribution in [-0.2, 0) is 4.79 Å². The third-order valence-electron chi connectivity index (χ3n) is 3.66. The Labute approximate surface area is 131 Å². The summed E-state index contributed by atoms with van der Waals surface area (Å²) in [7, 11) is 0. The molecule has 0 bridgehead atoms. The zero-order valence-electron chi connectivity index (χ0n) is 14.3. The molecule has 21 heavy (non-hydrogen) atoms. The molecule has 0 aromatic carbocycles. The van der Waals surface area contributed by atoms with E-state index >= 15 is 0 Å². The number of aldehydes is 1. The second-order valence-electron chi connectivity index (χ2n) is 6.68. The van der Waals surface area contributed by atoms with E-state index in [1.54, 1.807) is 0 Å². The number of nitrogens with two attached hydrogens (primary N) is 1. The summed E-state index contributed by atoms with van der Waals surface area (Å²) in [6.07, 6.45) is 20.0. The lowest BCUT2D eigenvalue weighted by Gasteiger charge is -2.12. The molecule has 0 aromatic heterocycles. The molecule has 0 aliphatic rings. The summed E-state index contributed by atoms with van der Waals surface area (Å²) in [5.41, 5.74) is 5.86. The summed E-state index contributed by atoms with van der Waals surface area (Å²) in [4.78, 5) is 10.7. The van der Waals surface area contributed by atoms with E-state index in [0.29, 0.717) is 6.04 Å². The van der Waals surface area contributed by atoms with Crippen LogP contribution in [0.1, 0.15) is 78.6 Å². The van der Waals surface area contributed by atoms with Crippen LogP contribution in [0.4, 0.5) is 0 Å². The Morgan fingerprint density at radius 3 is 2.29 bits per heavy atom. The SMILES string of the molecule is CCCCCCC(N)CC=CCCC=CCC(C)(C)C=O. The first kappa shape index (κ1) is 20.1. The first-order valence-corrected chi connectivity index (χ1v) is 8.53. The maximum atomic E-state index is 10.7. The second-order valence-corrected chi connectivity index (χ2v) is 6.68. The molecule has 0 radical (unpaired) electrons. The van der Waals surface area contributed by atoms with Gasteiger partial charge < -0.3 is 10.5 Å². The molecule has 0 saturated carbocycles. The van der Waals surface area contributed by atoms with E-state index in [9.17, 15) is 4.79 Å². The number of hydrogen-bond acceptors (Lipinski definition) is 2. The Morgan fingerprint density at radius 1 is 1.00 bits per heavy atom. The quantitative estimate of drug-likeness (QED) is 0.289. The van der Waals surface area contributed by atoms with Crippen molar-refractivity contribution >= 4 is 6.29 Å². The van der Waals surface area contributed by atoms with Crippen molar-refractivity contribution in [1.29, 1.82) is 0 Å². The number of rotatable bonds is 13. The Kier molecular flexibility index (Phi) is 12.3. The molecule has 0 heterocycles. The van der Waals surface area contributed by atoms with E-state index in [-0.39, 0.29) is 5.41 Å². The average Bonchev–Trinajstić information content (AvgIpc) is 2.46. The fourth-order valence-corrected chi connectivity index (χ4v) is 2.09. The summed E-state index contributed by atoms with van der Waals surface area (Å²) in [6, 6.07) is 0.321. The van der Waals surface area contributed by atoms with Crippen LogP contribution in [0.2, 0.25) is 0 Å². The van der Waals surface area contributed by atoms with Crippen LogP contribution in [-0.4, -0.2) is 12.3 Å². The van der Waals surface area contributed by atoms with Gasteiger partial charge in [0, 0.05) is 11.5 Å². The standard InChI is InChI=1S/C19H35NO/c1-4-5-6-11-14-18(20)15-12-9-7-8-10-13-16-19(2,3)17-21/h9-10,12-13,17-18H,4-8,11,14-16,20H2,1-3H3. The molecule has 1 atom stereocenters. The number of carbonyl (C=O) groups excluding carboxylic acids is 1. The molecule has 0 spiro atoms. The summed E-state index contributed by atoms with van der Waals surface area (Å²) in [5, 5.41) is 0. The van der Waals surface area contributed by atoms with E-state index < -0.39 is 0 Å². The Bertz CT molecular complexity index is 305. The topological polar surface area (TPSA) is 43.1 Å². The van der Waals surface area contributed by atoms with Crippen LogP contribution < -0.4 is 5.73 Å². The predicted molar refractivity (Wildman–Crippen MR) is 93.3 cm³/mol. The normalized spacial score (nSPS) is 14.1. The molecule has 0 aromatic rings. The van der Waals surface area contributed by atoms with Gasteiger partial charge in [0.1, 0.15) is 6.29 Å². The van der Waals surface area contributed by atoms with Crippen molar-refractivity contribution < 1.29 is 4.79 Å². The molecule has 0 amide bonds. The van der Waals surface area contributed by atoms with Crippen molar-refractivity contribution in [2.45, 2.75) is 84.6 Å². The lowest BCUT2D eigenvalue weighted by atomic mass is 9.91. The van der Waals surface area contributed by atoms with E-state index in [4.69, 9.17) is 5.73 Å². The summed E-state index contributed by atoms with van der Waals surface area (Å²) in [5.74, 6) is 0. The molecule has 2 nitrogen and oxygen atoms in total. The molecule has 0 rings (SSSR count). The Balaban J connectivity index is 3.55. The zero-order valence-corrected chi connectivity index (χ0v) is 14.3. The first-order chi connectivity index (χ1) is 10.0. The number of carbonyl (C=O) groups is 1. The van der Waals surface area contributed by atoms with Crippen LogP contribution in [0, 0.1) is 5.41 Å². The van der Waals surface area contributed by atoms with Gasteiger partial charge in [-0.1, -0.05) is 70.8 Å². The summed E-state index contributed by atoms with van der Waals surface area (Å²) in [6.45, 7) is 6.16. The first-order valence-electron chi connectivity index (χ1n) is 8.53. The molecule has 2 N–H and O–H groups in total. The molecule has 0 fully saturated rings. The lowest BCUT2D eigenvalue weighted by Crippen LogP contribution is -2.18. The Hall–Kier alpha value is -0.890. The van der Waals surface area contributed by atoms with Crippen LogP contribution in [0.3, 0.4) is 0 Å². The molecule has 0 aliphatic heterocycles. The van der Waals surface area contributed by atoms with Gasteiger partial charge in [0.05, 0.1) is 0 Å². The van der Waals surface area contributed by atoms with Gasteiger partial charge in [-0.2, -0.15) is 0 Å². The maximum absolute atomic E-state index is 10.7. The highest BCUT2D eigenvalue weighted by molar-refractivity contribution is 5.58. The summed E-state index contributed by atoms with van der Waals surface area (Å²) < 4.78 is 0. The molecule has 122 valence electrons. The fraction of sp³-hybridized carbons (Fsp3) is 0.737. The van der Waals surface area contributed by atoms with Gasteiger partial charge in [-0.3, -0.25) is 0 Å². The van der Waals surface area contributed by atoms with E-state index in [1.807, 2.05) is 13.8 Å². The minimum Gasteiger partial charge on any atom is -0.327 e. The van der Waals surface area contributed by atoms with Gasteiger partial charge in [-0.25, -0.2) is 0 Å². The second kappa shape index (κ2) is 12.8. The van der Waals surface area contributed by atoms with E-state index in [0.717, 1.165) is 38.4 Å². The summed E-state index contributed by atoms with van der Waals surface area (Å²) >= 11 is 0.